The Kier molecular flexibility index (Phi) is 6.03. The van der Waals surface area contributed by atoms with Gasteiger partial charge in [0.05, 0.1) is 11.7 Å². The molecule has 1 heterocycles. The highest BCUT2D eigenvalue weighted by Gasteiger charge is 2.28. The molecule has 1 aliphatic carbocycles. The van der Waals surface area contributed by atoms with Crippen LogP contribution in [0.2, 0.25) is 0 Å². The zero-order valence-electron chi connectivity index (χ0n) is 13.5. The Morgan fingerprint density at radius 1 is 1.30 bits per heavy atom. The Balaban J connectivity index is 2.09. The lowest BCUT2D eigenvalue weighted by Crippen LogP contribution is -2.31. The van der Waals surface area contributed by atoms with Gasteiger partial charge in [0, 0.05) is 5.38 Å². The molecule has 0 spiro atoms. The molecule has 2 nitrogen and oxygen atoms in total. The molecule has 1 unspecified atom stereocenters. The van der Waals surface area contributed by atoms with E-state index in [2.05, 4.69) is 38.4 Å². The van der Waals surface area contributed by atoms with E-state index in [1.807, 2.05) is 11.3 Å². The Labute approximate surface area is 128 Å². The van der Waals surface area contributed by atoms with Gasteiger partial charge in [-0.25, -0.2) is 4.98 Å². The van der Waals surface area contributed by atoms with Crippen LogP contribution in [0.15, 0.2) is 5.38 Å². The van der Waals surface area contributed by atoms with Crippen LogP contribution in [0.4, 0.5) is 0 Å². The van der Waals surface area contributed by atoms with Crippen molar-refractivity contribution in [2.75, 3.05) is 6.54 Å². The minimum atomic E-state index is 0.486. The first kappa shape index (κ1) is 16.0. The van der Waals surface area contributed by atoms with Gasteiger partial charge in [-0.15, -0.1) is 11.3 Å². The quantitative estimate of drug-likeness (QED) is 0.786. The summed E-state index contributed by atoms with van der Waals surface area (Å²) in [6.07, 6.45) is 6.69. The molecule has 1 aromatic rings. The van der Waals surface area contributed by atoms with E-state index >= 15 is 0 Å². The van der Waals surface area contributed by atoms with Crippen LogP contribution in [0.1, 0.15) is 82.5 Å². The van der Waals surface area contributed by atoms with E-state index in [4.69, 9.17) is 4.98 Å². The molecule has 20 heavy (non-hydrogen) atoms. The minimum absolute atomic E-state index is 0.486. The maximum Gasteiger partial charge on any atom is 0.110 e. The molecule has 114 valence electrons. The minimum Gasteiger partial charge on any atom is -0.308 e. The average Bonchev–Trinajstić information content (AvgIpc) is 2.91. The van der Waals surface area contributed by atoms with Gasteiger partial charge in [0.2, 0.25) is 0 Å². The van der Waals surface area contributed by atoms with Crippen molar-refractivity contribution in [2.24, 2.45) is 11.8 Å². The molecular weight excluding hydrogens is 264 g/mol. The summed E-state index contributed by atoms with van der Waals surface area (Å²) in [6, 6.07) is 0.486. The van der Waals surface area contributed by atoms with Crippen molar-refractivity contribution in [3.8, 4) is 0 Å². The summed E-state index contributed by atoms with van der Waals surface area (Å²) in [5, 5.41) is 7.35. The van der Waals surface area contributed by atoms with Crippen LogP contribution in [0.25, 0.3) is 0 Å². The predicted octanol–water partition coefficient (Wildman–Crippen LogP) is 5.13. The zero-order chi connectivity index (χ0) is 14.5. The third kappa shape index (κ3) is 4.05. The van der Waals surface area contributed by atoms with Crippen molar-refractivity contribution >= 4 is 11.3 Å². The third-order valence-corrected chi connectivity index (χ3v) is 5.49. The van der Waals surface area contributed by atoms with Gasteiger partial charge < -0.3 is 5.32 Å². The lowest BCUT2D eigenvalue weighted by atomic mass is 9.79. The van der Waals surface area contributed by atoms with Gasteiger partial charge in [-0.2, -0.15) is 0 Å². The molecule has 1 aliphatic rings. The third-order valence-electron chi connectivity index (χ3n) is 4.54. The molecule has 1 fully saturated rings. The monoisotopic (exact) mass is 294 g/mol. The Morgan fingerprint density at radius 2 is 2.00 bits per heavy atom. The fourth-order valence-corrected chi connectivity index (χ4v) is 4.23. The molecule has 2 rings (SSSR count). The smallest absolute Gasteiger partial charge is 0.110 e. The van der Waals surface area contributed by atoms with Crippen LogP contribution in [-0.4, -0.2) is 11.5 Å². The second-order valence-corrected chi connectivity index (χ2v) is 7.61. The van der Waals surface area contributed by atoms with Gasteiger partial charge in [-0.05, 0) is 43.6 Å². The number of rotatable bonds is 6. The highest BCUT2D eigenvalue weighted by molar-refractivity contribution is 7.09. The SMILES string of the molecule is CCCNC(c1nc(C(C)C)cs1)C1CCC(C)CC1. The van der Waals surface area contributed by atoms with Crippen molar-refractivity contribution in [1.29, 1.82) is 0 Å². The largest absolute Gasteiger partial charge is 0.308 e. The second-order valence-electron chi connectivity index (χ2n) is 6.72. The maximum atomic E-state index is 4.91. The van der Waals surface area contributed by atoms with Crippen LogP contribution in [-0.2, 0) is 0 Å². The molecule has 0 radical (unpaired) electrons. The zero-order valence-corrected chi connectivity index (χ0v) is 14.3. The van der Waals surface area contributed by atoms with Crippen molar-refractivity contribution in [1.82, 2.24) is 10.3 Å². The normalized spacial score (nSPS) is 25.1. The van der Waals surface area contributed by atoms with Crippen molar-refractivity contribution in [3.05, 3.63) is 16.1 Å². The number of thiazole rings is 1. The van der Waals surface area contributed by atoms with Crippen LogP contribution >= 0.6 is 11.3 Å². The predicted molar refractivity (Wildman–Crippen MR) is 88.4 cm³/mol. The van der Waals surface area contributed by atoms with E-state index in [9.17, 15) is 0 Å². The second kappa shape index (κ2) is 7.56. The van der Waals surface area contributed by atoms with Crippen molar-refractivity contribution in [3.63, 3.8) is 0 Å². The Hall–Kier alpha value is -0.410. The van der Waals surface area contributed by atoms with E-state index in [0.717, 1.165) is 18.4 Å². The standard InChI is InChI=1S/C17H30N2S/c1-5-10-18-16(14-8-6-13(4)7-9-14)17-19-15(11-20-17)12(2)3/h11-14,16,18H,5-10H2,1-4H3. The Bertz CT molecular complexity index is 391. The summed E-state index contributed by atoms with van der Waals surface area (Å²) in [6.45, 7) is 10.2. The van der Waals surface area contributed by atoms with Gasteiger partial charge in [0.15, 0.2) is 0 Å². The molecular formula is C17H30N2S. The maximum absolute atomic E-state index is 4.91. The molecule has 3 heteroatoms. The molecule has 0 saturated heterocycles. The molecule has 0 amide bonds. The van der Waals surface area contributed by atoms with Crippen LogP contribution in [0, 0.1) is 11.8 Å². The first-order chi connectivity index (χ1) is 9.61. The van der Waals surface area contributed by atoms with Gasteiger partial charge in [-0.3, -0.25) is 0 Å². The van der Waals surface area contributed by atoms with E-state index in [0.29, 0.717) is 12.0 Å². The molecule has 0 bridgehead atoms. The number of aromatic nitrogens is 1. The van der Waals surface area contributed by atoms with E-state index < -0.39 is 0 Å². The van der Waals surface area contributed by atoms with E-state index in [-0.39, 0.29) is 0 Å². The number of hydrogen-bond acceptors (Lipinski definition) is 3. The van der Waals surface area contributed by atoms with Gasteiger partial charge in [0.25, 0.3) is 0 Å². The summed E-state index contributed by atoms with van der Waals surface area (Å²) < 4.78 is 0. The first-order valence-electron chi connectivity index (χ1n) is 8.30. The number of nitrogens with zero attached hydrogens (tertiary/aromatic N) is 1. The summed E-state index contributed by atoms with van der Waals surface area (Å²) >= 11 is 1.86. The average molecular weight is 295 g/mol. The summed E-state index contributed by atoms with van der Waals surface area (Å²) in [4.78, 5) is 4.91. The molecule has 1 aromatic heterocycles. The topological polar surface area (TPSA) is 24.9 Å². The van der Waals surface area contributed by atoms with Crippen molar-refractivity contribution < 1.29 is 0 Å². The molecule has 1 atom stereocenters. The summed E-state index contributed by atoms with van der Waals surface area (Å²) in [7, 11) is 0. The van der Waals surface area contributed by atoms with Gasteiger partial charge in [-0.1, -0.05) is 40.5 Å². The van der Waals surface area contributed by atoms with Gasteiger partial charge in [0.1, 0.15) is 5.01 Å². The van der Waals surface area contributed by atoms with Crippen molar-refractivity contribution in [2.45, 2.75) is 71.8 Å². The molecule has 0 aliphatic heterocycles. The van der Waals surface area contributed by atoms with Crippen LogP contribution in [0.3, 0.4) is 0 Å². The first-order valence-corrected chi connectivity index (χ1v) is 9.18. The fourth-order valence-electron chi connectivity index (χ4n) is 3.08. The summed E-state index contributed by atoms with van der Waals surface area (Å²) in [5.74, 6) is 2.24. The van der Waals surface area contributed by atoms with Gasteiger partial charge >= 0.3 is 0 Å². The molecule has 1 N–H and O–H groups in total. The Morgan fingerprint density at radius 3 is 2.55 bits per heavy atom. The highest BCUT2D eigenvalue weighted by atomic mass is 32.1. The number of hydrogen-bond donors (Lipinski definition) is 1. The molecule has 0 aromatic carbocycles. The molecule has 1 saturated carbocycles. The fraction of sp³-hybridized carbons (Fsp3) is 0.824. The number of nitrogens with one attached hydrogen (secondary N) is 1. The van der Waals surface area contributed by atoms with E-state index in [1.54, 1.807) is 0 Å². The van der Waals surface area contributed by atoms with Crippen LogP contribution < -0.4 is 5.32 Å². The lowest BCUT2D eigenvalue weighted by molar-refractivity contribution is 0.231. The lowest BCUT2D eigenvalue weighted by Gasteiger charge is -2.32. The van der Waals surface area contributed by atoms with Crippen LogP contribution in [0.5, 0.6) is 0 Å². The highest BCUT2D eigenvalue weighted by Crippen LogP contribution is 2.38. The van der Waals surface area contributed by atoms with E-state index in [1.165, 1.54) is 42.8 Å². The summed E-state index contributed by atoms with van der Waals surface area (Å²) in [5.41, 5.74) is 1.26.